The zero-order chi connectivity index (χ0) is 27.3. The Labute approximate surface area is 213 Å². The number of fused-ring (bicyclic) bond motifs is 1. The maximum Gasteiger partial charge on any atom is 0.490 e. The van der Waals surface area contributed by atoms with Crippen LogP contribution in [-0.2, 0) is 19.6 Å². The molecule has 2 aliphatic rings. The maximum absolute atomic E-state index is 13.5. The third-order valence-electron chi connectivity index (χ3n) is 6.78. The van der Waals surface area contributed by atoms with E-state index in [9.17, 15) is 26.4 Å². The highest BCUT2D eigenvalue weighted by Gasteiger charge is 2.53. The van der Waals surface area contributed by atoms with Crippen molar-refractivity contribution in [1.29, 1.82) is 0 Å². The minimum atomic E-state index is -5.08. The molecule has 2 aliphatic heterocycles. The summed E-state index contributed by atoms with van der Waals surface area (Å²) < 4.78 is 59.6. The molecule has 2 fully saturated rings. The first-order valence-corrected chi connectivity index (χ1v) is 13.2. The van der Waals surface area contributed by atoms with Crippen LogP contribution in [0.4, 0.5) is 18.9 Å². The van der Waals surface area contributed by atoms with Gasteiger partial charge >= 0.3 is 12.1 Å². The second-order valence-electron chi connectivity index (χ2n) is 8.81. The zero-order valence-corrected chi connectivity index (χ0v) is 21.0. The lowest BCUT2D eigenvalue weighted by molar-refractivity contribution is -0.192. The van der Waals surface area contributed by atoms with Gasteiger partial charge in [-0.3, -0.25) is 14.7 Å². The van der Waals surface area contributed by atoms with Crippen molar-refractivity contribution in [1.82, 2.24) is 14.2 Å². The van der Waals surface area contributed by atoms with Gasteiger partial charge < -0.3 is 10.4 Å². The fraction of sp³-hybridized carbons (Fsp3) is 0.458. The molecule has 2 atom stereocenters. The third-order valence-corrected chi connectivity index (χ3v) is 8.70. The monoisotopic (exact) mass is 542 g/mol. The number of carboxylic acids is 1. The molecule has 9 nitrogen and oxygen atoms in total. The predicted octanol–water partition coefficient (Wildman–Crippen LogP) is 3.22. The molecule has 0 radical (unpaired) electrons. The summed E-state index contributed by atoms with van der Waals surface area (Å²) in [6.45, 7) is 4.55. The van der Waals surface area contributed by atoms with Crippen molar-refractivity contribution in [2.45, 2.75) is 43.3 Å². The molecule has 1 amide bonds. The van der Waals surface area contributed by atoms with Gasteiger partial charge in [0.1, 0.15) is 0 Å². The number of carbonyl (C=O) groups excluding carboxylic acids is 1. The number of hydrogen-bond donors (Lipinski definition) is 2. The van der Waals surface area contributed by atoms with E-state index in [2.05, 4.69) is 22.1 Å². The molecule has 1 aromatic heterocycles. The van der Waals surface area contributed by atoms with Gasteiger partial charge in [0.05, 0.1) is 22.2 Å². The molecule has 0 aliphatic carbocycles. The largest absolute Gasteiger partial charge is 0.490 e. The number of benzene rings is 1. The van der Waals surface area contributed by atoms with Gasteiger partial charge in [0.25, 0.3) is 0 Å². The van der Waals surface area contributed by atoms with Crippen LogP contribution in [0, 0.1) is 5.41 Å². The Hall–Kier alpha value is -3.03. The maximum atomic E-state index is 13.5. The summed E-state index contributed by atoms with van der Waals surface area (Å²) in [5.74, 6) is -2.79. The van der Waals surface area contributed by atoms with Crippen molar-refractivity contribution in [3.63, 3.8) is 0 Å². The van der Waals surface area contributed by atoms with E-state index in [1.54, 1.807) is 47.0 Å². The fourth-order valence-corrected chi connectivity index (χ4v) is 6.38. The molecule has 3 heterocycles. The Bertz CT molecular complexity index is 1180. The van der Waals surface area contributed by atoms with Crippen molar-refractivity contribution < 1.29 is 36.3 Å². The lowest BCUT2D eigenvalue weighted by Gasteiger charge is -2.35. The average Bonchev–Trinajstić information content (AvgIpc) is 3.11. The van der Waals surface area contributed by atoms with Crippen molar-refractivity contribution in [3.8, 4) is 0 Å². The number of pyridine rings is 1. The Balaban J connectivity index is 0.000000479. The van der Waals surface area contributed by atoms with E-state index < -0.39 is 27.6 Å². The number of aliphatic carboxylic acids is 1. The van der Waals surface area contributed by atoms with Crippen LogP contribution in [0.3, 0.4) is 0 Å². The molecule has 0 spiro atoms. The molecule has 0 bridgehead atoms. The number of halogens is 3. The number of likely N-dealkylation sites (tertiary alicyclic amines) is 1. The van der Waals surface area contributed by atoms with E-state index in [-0.39, 0.29) is 11.9 Å². The van der Waals surface area contributed by atoms with Gasteiger partial charge in [0.2, 0.25) is 15.9 Å². The Morgan fingerprint density at radius 3 is 2.32 bits per heavy atom. The summed E-state index contributed by atoms with van der Waals surface area (Å²) in [7, 11) is -3.58. The molecule has 0 unspecified atom stereocenters. The van der Waals surface area contributed by atoms with Crippen LogP contribution in [0.2, 0.25) is 0 Å². The van der Waals surface area contributed by atoms with Crippen LogP contribution in [0.25, 0.3) is 0 Å². The summed E-state index contributed by atoms with van der Waals surface area (Å²) in [6.07, 6.45) is 0.103. The number of carbonyl (C=O) groups is 2. The Kier molecular flexibility index (Phi) is 8.92. The van der Waals surface area contributed by atoms with Crippen LogP contribution in [0.1, 0.15) is 26.2 Å². The van der Waals surface area contributed by atoms with E-state index >= 15 is 0 Å². The normalized spacial score (nSPS) is 22.8. The van der Waals surface area contributed by atoms with Crippen LogP contribution in [0.15, 0.2) is 59.8 Å². The van der Waals surface area contributed by atoms with E-state index in [0.717, 1.165) is 19.5 Å². The molecule has 2 saturated heterocycles. The first kappa shape index (κ1) is 28.5. The number of alkyl halides is 3. The van der Waals surface area contributed by atoms with Crippen LogP contribution in [0.5, 0.6) is 0 Å². The molecule has 37 heavy (non-hydrogen) atoms. The molecular weight excluding hydrogens is 513 g/mol. The number of aromatic nitrogens is 1. The van der Waals surface area contributed by atoms with Crippen LogP contribution in [-0.4, -0.2) is 78.0 Å². The minimum absolute atomic E-state index is 0.0233. The summed E-state index contributed by atoms with van der Waals surface area (Å²) in [6, 6.07) is 12.2. The van der Waals surface area contributed by atoms with Gasteiger partial charge in [-0.15, -0.1) is 0 Å². The van der Waals surface area contributed by atoms with Crippen molar-refractivity contribution in [3.05, 3.63) is 54.9 Å². The first-order valence-electron chi connectivity index (χ1n) is 11.7. The summed E-state index contributed by atoms with van der Waals surface area (Å²) >= 11 is 0. The summed E-state index contributed by atoms with van der Waals surface area (Å²) in [5.41, 5.74) is 0.0656. The van der Waals surface area contributed by atoms with Gasteiger partial charge in [-0.1, -0.05) is 25.1 Å². The summed E-state index contributed by atoms with van der Waals surface area (Å²) in [4.78, 5) is 29.1. The number of rotatable bonds is 5. The topological polar surface area (TPSA) is 120 Å². The third kappa shape index (κ3) is 6.46. The Morgan fingerprint density at radius 1 is 1.11 bits per heavy atom. The highest BCUT2D eigenvalue weighted by molar-refractivity contribution is 7.89. The predicted molar refractivity (Wildman–Crippen MR) is 129 cm³/mol. The molecule has 2 aromatic rings. The number of nitrogens with zero attached hydrogens (tertiary/aromatic N) is 3. The molecule has 13 heteroatoms. The summed E-state index contributed by atoms with van der Waals surface area (Å²) in [5, 5.41) is 10.2. The number of sulfonamides is 1. The van der Waals surface area contributed by atoms with Gasteiger partial charge in [-0.25, -0.2) is 13.2 Å². The van der Waals surface area contributed by atoms with Gasteiger partial charge in [-0.05, 0) is 56.6 Å². The van der Waals surface area contributed by atoms with Crippen LogP contribution >= 0.6 is 0 Å². The lowest BCUT2D eigenvalue weighted by Crippen LogP contribution is -2.47. The van der Waals surface area contributed by atoms with E-state index in [4.69, 9.17) is 9.90 Å². The second kappa shape index (κ2) is 11.6. The zero-order valence-electron chi connectivity index (χ0n) is 20.2. The molecule has 2 N–H and O–H groups in total. The molecule has 1 aromatic carbocycles. The number of amides is 1. The van der Waals surface area contributed by atoms with Gasteiger partial charge in [0, 0.05) is 25.3 Å². The van der Waals surface area contributed by atoms with Gasteiger partial charge in [-0.2, -0.15) is 17.5 Å². The lowest BCUT2D eigenvalue weighted by atomic mass is 9.75. The highest BCUT2D eigenvalue weighted by Crippen LogP contribution is 2.45. The number of hydrogen-bond acceptors (Lipinski definition) is 6. The van der Waals surface area contributed by atoms with E-state index in [0.29, 0.717) is 36.5 Å². The Morgan fingerprint density at radius 2 is 1.76 bits per heavy atom. The smallest absolute Gasteiger partial charge is 0.475 e. The fourth-order valence-electron chi connectivity index (χ4n) is 4.90. The molecule has 0 saturated carbocycles. The van der Waals surface area contributed by atoms with E-state index in [1.807, 2.05) is 12.1 Å². The highest BCUT2D eigenvalue weighted by atomic mass is 32.2. The average molecular weight is 543 g/mol. The molecule has 202 valence electrons. The minimum Gasteiger partial charge on any atom is -0.475 e. The number of anilines is 1. The van der Waals surface area contributed by atoms with E-state index in [1.165, 1.54) is 0 Å². The number of nitrogens with one attached hydrogen (secondary N) is 1. The van der Waals surface area contributed by atoms with Crippen molar-refractivity contribution >= 4 is 27.6 Å². The molecular formula is C24H29F3N4O5S. The first-order chi connectivity index (χ1) is 17.4. The van der Waals surface area contributed by atoms with Crippen molar-refractivity contribution in [2.75, 3.05) is 31.5 Å². The van der Waals surface area contributed by atoms with Crippen LogP contribution < -0.4 is 5.32 Å². The number of carboxylic acid groups (broad SMARTS) is 1. The SMILES string of the molecule is CCN1CC[C@@]2(C(=O)Nc3cccnc3)CCN(S(=O)(=O)c3ccccc3)CC[C@@H]12.O=C(O)C(F)(F)F. The quantitative estimate of drug-likeness (QED) is 0.595. The second-order valence-corrected chi connectivity index (χ2v) is 10.7. The molecule has 4 rings (SSSR count). The standard InChI is InChI=1S/C22H28N4O3S.C2HF3O2/c1-2-25-15-11-22(21(27)24-18-7-6-13-23-17-18)12-16-26(14-10-20(22)25)30(28,29)19-8-4-3-5-9-19;3-2(4,5)1(6)7/h3-9,13,17,20H,2,10-12,14-16H2,1H3,(H,24,27);(H,6,7)/t20-,22-;/m1./s1. The van der Waals surface area contributed by atoms with Gasteiger partial charge in [0.15, 0.2) is 0 Å². The van der Waals surface area contributed by atoms with Crippen molar-refractivity contribution in [2.24, 2.45) is 5.41 Å².